The molecular weight excluding hydrogens is 1020 g/mol. The largest absolute Gasteiger partial charge is 0.465 e. The predicted octanol–water partition coefficient (Wildman–Crippen LogP) is 21.0. The van der Waals surface area contributed by atoms with E-state index in [9.17, 15) is 14.4 Å². The minimum absolute atomic E-state index is 0.00560. The Balaban J connectivity index is 2.70. The molecule has 10 heteroatoms. The van der Waals surface area contributed by atoms with Crippen LogP contribution < -0.4 is 0 Å². The van der Waals surface area contributed by atoms with Gasteiger partial charge in [0.05, 0.1) is 19.6 Å². The van der Waals surface area contributed by atoms with Crippen LogP contribution in [0.3, 0.4) is 0 Å². The average molecular weight is 1150 g/mol. The highest BCUT2D eigenvalue weighted by Gasteiger charge is 2.21. The van der Waals surface area contributed by atoms with Crippen LogP contribution in [-0.2, 0) is 28.6 Å². The van der Waals surface area contributed by atoms with E-state index in [-0.39, 0.29) is 17.9 Å². The van der Waals surface area contributed by atoms with Gasteiger partial charge >= 0.3 is 17.9 Å². The van der Waals surface area contributed by atoms with E-state index in [0.29, 0.717) is 57.0 Å². The third kappa shape index (κ3) is 51.2. The van der Waals surface area contributed by atoms with Gasteiger partial charge in [-0.25, -0.2) is 0 Å². The second kappa shape index (κ2) is 60.2. The molecule has 79 heavy (non-hydrogen) atoms. The first-order valence-corrected chi connectivity index (χ1v) is 37.5. The van der Waals surface area contributed by atoms with Gasteiger partial charge in [0.2, 0.25) is 0 Å². The second-order valence-electron chi connectivity index (χ2n) is 24.5. The first-order chi connectivity index (χ1) is 38.9. The Morgan fingerprint density at radius 2 is 0.734 bits per heavy atom. The molecule has 0 spiro atoms. The number of hydrogen-bond acceptors (Lipinski definition) is 10. The smallest absolute Gasteiger partial charge is 0.307 e. The maximum Gasteiger partial charge on any atom is 0.307 e. The van der Waals surface area contributed by atoms with E-state index in [1.165, 1.54) is 276 Å². The lowest BCUT2D eigenvalue weighted by molar-refractivity contribution is -0.146. The Kier molecular flexibility index (Phi) is 57.9. The first-order valence-electron chi connectivity index (χ1n) is 35.0. The van der Waals surface area contributed by atoms with E-state index in [4.69, 9.17) is 14.2 Å². The highest BCUT2D eigenvalue weighted by atomic mass is 33.1. The van der Waals surface area contributed by atoms with Crippen LogP contribution in [0.2, 0.25) is 0 Å². The molecule has 0 unspecified atom stereocenters. The summed E-state index contributed by atoms with van der Waals surface area (Å²) in [5.74, 6) is 3.06. The van der Waals surface area contributed by atoms with Gasteiger partial charge in [-0.2, -0.15) is 0 Å². The van der Waals surface area contributed by atoms with Gasteiger partial charge < -0.3 is 19.1 Å². The van der Waals surface area contributed by atoms with Crippen LogP contribution in [0.5, 0.6) is 0 Å². The number of esters is 3. The molecule has 0 aromatic rings. The van der Waals surface area contributed by atoms with E-state index >= 15 is 0 Å². The summed E-state index contributed by atoms with van der Waals surface area (Å²) in [6.07, 6.45) is 57.5. The molecule has 0 saturated carbocycles. The summed E-state index contributed by atoms with van der Waals surface area (Å²) in [7, 11) is 3.80. The normalized spacial score (nSPS) is 13.0. The summed E-state index contributed by atoms with van der Waals surface area (Å²) < 4.78 is 17.6. The molecule has 0 bridgehead atoms. The van der Waals surface area contributed by atoms with Crippen LogP contribution in [0.4, 0.5) is 0 Å². The molecule has 1 rings (SSSR count). The van der Waals surface area contributed by atoms with Crippen molar-refractivity contribution in [2.75, 3.05) is 64.1 Å². The van der Waals surface area contributed by atoms with E-state index in [1.54, 1.807) is 0 Å². The molecule has 0 radical (unpaired) electrons. The van der Waals surface area contributed by atoms with Gasteiger partial charge in [0, 0.05) is 36.9 Å². The number of unbranched alkanes of at least 4 members (excludes halogenated alkanes) is 29. The lowest BCUT2D eigenvalue weighted by Gasteiger charge is -2.32. The number of nitrogens with zero attached hydrogens (tertiary/aromatic N) is 2. The van der Waals surface area contributed by atoms with Gasteiger partial charge in [-0.05, 0) is 115 Å². The molecule has 0 amide bonds. The maximum absolute atomic E-state index is 13.2. The van der Waals surface area contributed by atoms with E-state index in [2.05, 4.69) is 44.4 Å². The van der Waals surface area contributed by atoms with Crippen molar-refractivity contribution < 1.29 is 28.6 Å². The van der Waals surface area contributed by atoms with Crippen molar-refractivity contribution in [1.82, 2.24) is 9.80 Å². The molecule has 0 N–H and O–H groups in total. The van der Waals surface area contributed by atoms with Gasteiger partial charge in [0.1, 0.15) is 6.61 Å². The SMILES string of the molecule is CCCCCCCCCCSSCCOC(=O)CCN(CCCN1CCCC1)C(CCCCCCCCC(=O)OCC(CCCCCC)CCCCCC)CCCCCCCCC(=O)OCC(CCCCCC)CCCCCC. The first kappa shape index (κ1) is 76.0. The van der Waals surface area contributed by atoms with Gasteiger partial charge in [0.15, 0.2) is 0 Å². The molecule has 0 atom stereocenters. The predicted molar refractivity (Wildman–Crippen MR) is 347 cm³/mol. The Morgan fingerprint density at radius 1 is 0.380 bits per heavy atom. The minimum Gasteiger partial charge on any atom is -0.465 e. The van der Waals surface area contributed by atoms with Crippen LogP contribution in [0.1, 0.15) is 343 Å². The topological polar surface area (TPSA) is 85.4 Å². The summed E-state index contributed by atoms with van der Waals surface area (Å²) in [4.78, 5) is 44.2. The summed E-state index contributed by atoms with van der Waals surface area (Å²) in [5.41, 5.74) is 0. The molecule has 1 heterocycles. The van der Waals surface area contributed by atoms with E-state index in [0.717, 1.165) is 57.5 Å². The standard InChI is InChI=1S/C69H134N2O6S2/c1-6-11-16-21-22-27-32-43-60-78-79-61-59-75-69(74)53-58-71(57-44-56-70-54-41-42-55-70)66(49-37-28-23-25-30-39-51-67(72)76-62-64(45-33-17-12-7-2)46-34-18-13-8-3)50-38-29-24-26-31-40-52-68(73)77-63-65(47-35-19-14-9-4)48-36-20-15-10-5/h64-66H,6-63H2,1-5H3. The third-order valence-electron chi connectivity index (χ3n) is 17.0. The molecule has 1 saturated heterocycles. The van der Waals surface area contributed by atoms with Crippen molar-refractivity contribution in [2.45, 2.75) is 349 Å². The summed E-state index contributed by atoms with van der Waals surface area (Å²) in [6, 6.07) is 0.475. The zero-order chi connectivity index (χ0) is 57.2. The van der Waals surface area contributed by atoms with E-state index < -0.39 is 0 Å². The number of likely N-dealkylation sites (tertiary alicyclic amines) is 1. The van der Waals surface area contributed by atoms with Crippen LogP contribution in [0, 0.1) is 11.8 Å². The van der Waals surface area contributed by atoms with Crippen molar-refractivity contribution >= 4 is 39.5 Å². The molecule has 8 nitrogen and oxygen atoms in total. The highest BCUT2D eigenvalue weighted by molar-refractivity contribution is 8.76. The lowest BCUT2D eigenvalue weighted by atomic mass is 9.95. The Bertz CT molecular complexity index is 1220. The van der Waals surface area contributed by atoms with Gasteiger partial charge in [0.25, 0.3) is 0 Å². The highest BCUT2D eigenvalue weighted by Crippen LogP contribution is 2.25. The van der Waals surface area contributed by atoms with Crippen LogP contribution in [0.25, 0.3) is 0 Å². The third-order valence-corrected chi connectivity index (χ3v) is 19.4. The van der Waals surface area contributed by atoms with Crippen LogP contribution in [-0.4, -0.2) is 97.8 Å². The Labute approximate surface area is 500 Å². The van der Waals surface area contributed by atoms with Gasteiger partial charge in [-0.1, -0.05) is 268 Å². The zero-order valence-electron chi connectivity index (χ0n) is 53.4. The Hall–Kier alpha value is -0.970. The molecule has 468 valence electrons. The molecule has 0 aliphatic carbocycles. The number of carbonyl (C=O) groups excluding carboxylic acids is 3. The number of carbonyl (C=O) groups is 3. The fourth-order valence-electron chi connectivity index (χ4n) is 11.7. The van der Waals surface area contributed by atoms with Crippen LogP contribution in [0.15, 0.2) is 0 Å². The fourth-order valence-corrected chi connectivity index (χ4v) is 13.7. The van der Waals surface area contributed by atoms with Gasteiger partial charge in [-0.15, -0.1) is 0 Å². The van der Waals surface area contributed by atoms with Crippen molar-refractivity contribution in [1.29, 1.82) is 0 Å². The van der Waals surface area contributed by atoms with Gasteiger partial charge in [-0.3, -0.25) is 19.3 Å². The number of ether oxygens (including phenoxy) is 3. The Morgan fingerprint density at radius 3 is 1.18 bits per heavy atom. The summed E-state index contributed by atoms with van der Waals surface area (Å²) in [5, 5.41) is 0. The monoisotopic (exact) mass is 1150 g/mol. The molecule has 0 aromatic carbocycles. The lowest BCUT2D eigenvalue weighted by Crippen LogP contribution is -2.39. The molecule has 0 aromatic heterocycles. The quantitative estimate of drug-likeness (QED) is 0.0254. The molecule has 1 aliphatic rings. The maximum atomic E-state index is 13.2. The molecule has 1 aliphatic heterocycles. The van der Waals surface area contributed by atoms with Crippen molar-refractivity contribution in [3.63, 3.8) is 0 Å². The summed E-state index contributed by atoms with van der Waals surface area (Å²) >= 11 is 0. The number of rotatable bonds is 63. The molecular formula is C69H134N2O6S2. The fraction of sp³-hybridized carbons (Fsp3) is 0.957. The summed E-state index contributed by atoms with van der Waals surface area (Å²) in [6.45, 7) is 18.5. The average Bonchev–Trinajstić information content (AvgIpc) is 3.98. The van der Waals surface area contributed by atoms with Crippen molar-refractivity contribution in [3.8, 4) is 0 Å². The minimum atomic E-state index is -0.0426. The van der Waals surface area contributed by atoms with Crippen molar-refractivity contribution in [3.05, 3.63) is 0 Å². The van der Waals surface area contributed by atoms with E-state index in [1.807, 2.05) is 21.6 Å². The van der Waals surface area contributed by atoms with Crippen LogP contribution >= 0.6 is 21.6 Å². The zero-order valence-corrected chi connectivity index (χ0v) is 55.0. The van der Waals surface area contributed by atoms with Crippen molar-refractivity contribution in [2.24, 2.45) is 11.8 Å². The second-order valence-corrected chi connectivity index (χ2v) is 27.2. The number of hydrogen-bond donors (Lipinski definition) is 0. The molecule has 1 fully saturated rings.